The van der Waals surface area contributed by atoms with Crippen LogP contribution in [0.3, 0.4) is 0 Å². The Labute approximate surface area is 115 Å². The zero-order valence-corrected chi connectivity index (χ0v) is 12.7. The summed E-state index contributed by atoms with van der Waals surface area (Å²) in [5.41, 5.74) is 9.53. The molecular formula is C14H23N3S. The van der Waals surface area contributed by atoms with Crippen LogP contribution in [-0.4, -0.2) is 16.0 Å². The molecule has 3 nitrogen and oxygen atoms in total. The fourth-order valence-corrected chi connectivity index (χ4v) is 2.54. The molecule has 1 heterocycles. The van der Waals surface area contributed by atoms with Gasteiger partial charge in [-0.25, -0.2) is 0 Å². The highest BCUT2D eigenvalue weighted by molar-refractivity contribution is 7.80. The Kier molecular flexibility index (Phi) is 5.08. The number of rotatable bonds is 5. The minimum absolute atomic E-state index is 0.388. The van der Waals surface area contributed by atoms with Crippen LogP contribution in [0, 0.1) is 19.8 Å². The zero-order chi connectivity index (χ0) is 13.9. The van der Waals surface area contributed by atoms with Crippen LogP contribution in [0.2, 0.25) is 0 Å². The van der Waals surface area contributed by atoms with Crippen LogP contribution in [-0.2, 0) is 0 Å². The van der Waals surface area contributed by atoms with Crippen molar-refractivity contribution in [1.82, 2.24) is 4.98 Å². The van der Waals surface area contributed by atoms with Crippen LogP contribution in [0.4, 0.5) is 5.69 Å². The summed E-state index contributed by atoms with van der Waals surface area (Å²) in [7, 11) is 0. The van der Waals surface area contributed by atoms with E-state index < -0.39 is 0 Å². The van der Waals surface area contributed by atoms with Crippen LogP contribution >= 0.6 is 12.2 Å². The number of pyridine rings is 1. The number of nitrogens with two attached hydrogens (primary N) is 1. The number of hydrogen-bond acceptors (Lipinski definition) is 3. The molecular weight excluding hydrogens is 242 g/mol. The number of thiocarbonyl (C=S) groups is 1. The molecule has 1 unspecified atom stereocenters. The van der Waals surface area contributed by atoms with E-state index in [2.05, 4.69) is 31.1 Å². The van der Waals surface area contributed by atoms with Crippen LogP contribution in [0.1, 0.15) is 44.1 Å². The molecule has 0 aliphatic carbocycles. The number of nitrogens with zero attached hydrogens (tertiary/aromatic N) is 1. The van der Waals surface area contributed by atoms with Gasteiger partial charge < -0.3 is 11.1 Å². The summed E-state index contributed by atoms with van der Waals surface area (Å²) in [4.78, 5) is 4.82. The lowest BCUT2D eigenvalue weighted by Gasteiger charge is -2.20. The third kappa shape index (κ3) is 3.95. The summed E-state index contributed by atoms with van der Waals surface area (Å²) in [5.74, 6) is 0.657. The first-order valence-corrected chi connectivity index (χ1v) is 6.76. The molecule has 0 spiro atoms. The lowest BCUT2D eigenvalue weighted by atomic mass is 10.0. The third-order valence-electron chi connectivity index (χ3n) is 2.80. The van der Waals surface area contributed by atoms with Crippen molar-refractivity contribution in [2.75, 3.05) is 5.32 Å². The molecule has 0 aliphatic heterocycles. The molecule has 1 atom stereocenters. The van der Waals surface area contributed by atoms with Crippen molar-refractivity contribution < 1.29 is 0 Å². The lowest BCUT2D eigenvalue weighted by molar-refractivity contribution is 0.539. The predicted molar refractivity (Wildman–Crippen MR) is 82.1 cm³/mol. The fraction of sp³-hybridized carbons (Fsp3) is 0.571. The number of hydrogen-bond donors (Lipinski definition) is 2. The van der Waals surface area contributed by atoms with Crippen molar-refractivity contribution in [2.24, 2.45) is 11.7 Å². The van der Waals surface area contributed by atoms with E-state index in [0.717, 1.165) is 29.1 Å². The molecule has 1 rings (SSSR count). The summed E-state index contributed by atoms with van der Waals surface area (Å²) in [6, 6.07) is 2.40. The molecule has 0 radical (unpaired) electrons. The van der Waals surface area contributed by atoms with Gasteiger partial charge in [-0.05, 0) is 39.2 Å². The van der Waals surface area contributed by atoms with Crippen molar-refractivity contribution in [1.29, 1.82) is 0 Å². The van der Waals surface area contributed by atoms with Gasteiger partial charge in [0.15, 0.2) is 0 Å². The molecule has 18 heavy (non-hydrogen) atoms. The standard InChI is InChI=1S/C14H23N3S/c1-8(2)6-9(3)17-12-7-10(4)16-11(5)13(12)14(15)18/h7-9H,6H2,1-5H3,(H2,15,18)(H,16,17). The van der Waals surface area contributed by atoms with E-state index >= 15 is 0 Å². The minimum Gasteiger partial charge on any atom is -0.389 e. The van der Waals surface area contributed by atoms with Gasteiger partial charge in [0.1, 0.15) is 4.99 Å². The molecule has 1 aromatic heterocycles. The Morgan fingerprint density at radius 2 is 2.00 bits per heavy atom. The molecule has 0 saturated heterocycles. The summed E-state index contributed by atoms with van der Waals surface area (Å²) < 4.78 is 0. The summed E-state index contributed by atoms with van der Waals surface area (Å²) in [6.45, 7) is 10.5. The Bertz CT molecular complexity index is 441. The molecule has 100 valence electrons. The van der Waals surface area contributed by atoms with Gasteiger partial charge in [-0.2, -0.15) is 0 Å². The summed E-state index contributed by atoms with van der Waals surface area (Å²) >= 11 is 5.12. The highest BCUT2D eigenvalue weighted by Crippen LogP contribution is 2.21. The van der Waals surface area contributed by atoms with E-state index in [0.29, 0.717) is 16.9 Å². The van der Waals surface area contributed by atoms with Gasteiger partial charge in [0.05, 0.1) is 5.56 Å². The maximum atomic E-state index is 5.79. The first-order chi connectivity index (χ1) is 8.31. The molecule has 0 amide bonds. The maximum Gasteiger partial charge on any atom is 0.107 e. The summed E-state index contributed by atoms with van der Waals surface area (Å²) in [6.07, 6.45) is 1.11. The largest absolute Gasteiger partial charge is 0.389 e. The van der Waals surface area contributed by atoms with Gasteiger partial charge in [0.2, 0.25) is 0 Å². The molecule has 4 heteroatoms. The van der Waals surface area contributed by atoms with Crippen molar-refractivity contribution >= 4 is 22.9 Å². The minimum atomic E-state index is 0.388. The van der Waals surface area contributed by atoms with Gasteiger partial charge in [0, 0.05) is 23.1 Å². The van der Waals surface area contributed by atoms with Gasteiger partial charge in [0.25, 0.3) is 0 Å². The number of aryl methyl sites for hydroxylation is 2. The van der Waals surface area contributed by atoms with Crippen LogP contribution in [0.5, 0.6) is 0 Å². The normalized spacial score (nSPS) is 12.6. The summed E-state index contributed by atoms with van der Waals surface area (Å²) in [5, 5.41) is 3.50. The maximum absolute atomic E-state index is 5.79. The SMILES string of the molecule is Cc1cc(NC(C)CC(C)C)c(C(N)=S)c(C)n1. The van der Waals surface area contributed by atoms with E-state index in [-0.39, 0.29) is 0 Å². The second-order valence-corrected chi connectivity index (χ2v) is 5.75. The molecule has 0 aliphatic rings. The number of aromatic nitrogens is 1. The van der Waals surface area contributed by atoms with E-state index in [9.17, 15) is 0 Å². The smallest absolute Gasteiger partial charge is 0.107 e. The average molecular weight is 265 g/mol. The van der Waals surface area contributed by atoms with E-state index in [1.54, 1.807) is 0 Å². The van der Waals surface area contributed by atoms with E-state index in [4.69, 9.17) is 18.0 Å². The van der Waals surface area contributed by atoms with Crippen LogP contribution in [0.25, 0.3) is 0 Å². The van der Waals surface area contributed by atoms with Crippen molar-refractivity contribution in [2.45, 2.75) is 47.1 Å². The Balaban J connectivity index is 3.03. The molecule has 0 fully saturated rings. The quantitative estimate of drug-likeness (QED) is 0.803. The Morgan fingerprint density at radius 3 is 2.50 bits per heavy atom. The number of nitrogens with one attached hydrogen (secondary N) is 1. The molecule has 0 saturated carbocycles. The number of anilines is 1. The topological polar surface area (TPSA) is 50.9 Å². The highest BCUT2D eigenvalue weighted by Gasteiger charge is 2.13. The lowest BCUT2D eigenvalue weighted by Crippen LogP contribution is -2.22. The zero-order valence-electron chi connectivity index (χ0n) is 11.9. The van der Waals surface area contributed by atoms with Crippen molar-refractivity contribution in [3.05, 3.63) is 23.0 Å². The van der Waals surface area contributed by atoms with Crippen LogP contribution < -0.4 is 11.1 Å². The highest BCUT2D eigenvalue weighted by atomic mass is 32.1. The van der Waals surface area contributed by atoms with Crippen molar-refractivity contribution in [3.8, 4) is 0 Å². The third-order valence-corrected chi connectivity index (χ3v) is 3.01. The molecule has 0 bridgehead atoms. The van der Waals surface area contributed by atoms with Crippen LogP contribution in [0.15, 0.2) is 6.07 Å². The van der Waals surface area contributed by atoms with Gasteiger partial charge in [-0.15, -0.1) is 0 Å². The monoisotopic (exact) mass is 265 g/mol. The van der Waals surface area contributed by atoms with Crippen molar-refractivity contribution in [3.63, 3.8) is 0 Å². The van der Waals surface area contributed by atoms with Gasteiger partial charge in [-0.1, -0.05) is 26.1 Å². The fourth-order valence-electron chi connectivity index (χ4n) is 2.29. The molecule has 3 N–H and O–H groups in total. The first kappa shape index (κ1) is 14.9. The van der Waals surface area contributed by atoms with E-state index in [1.165, 1.54) is 0 Å². The van der Waals surface area contributed by atoms with Gasteiger partial charge >= 0.3 is 0 Å². The second kappa shape index (κ2) is 6.14. The molecule has 1 aromatic rings. The molecule has 0 aromatic carbocycles. The van der Waals surface area contributed by atoms with Gasteiger partial charge in [-0.3, -0.25) is 4.98 Å². The Hall–Kier alpha value is -1.16. The average Bonchev–Trinajstić information content (AvgIpc) is 2.12. The van der Waals surface area contributed by atoms with E-state index in [1.807, 2.05) is 19.9 Å². The predicted octanol–water partition coefficient (Wildman–Crippen LogP) is 3.18. The Morgan fingerprint density at radius 1 is 1.39 bits per heavy atom. The second-order valence-electron chi connectivity index (χ2n) is 5.31. The first-order valence-electron chi connectivity index (χ1n) is 6.35.